The fourth-order valence-corrected chi connectivity index (χ4v) is 2.89. The van der Waals surface area contributed by atoms with Crippen LogP contribution in [-0.2, 0) is 6.42 Å². The second-order valence-electron chi connectivity index (χ2n) is 6.17. The Morgan fingerprint density at radius 2 is 1.48 bits per heavy atom. The number of hydrogen-bond acceptors (Lipinski definition) is 2. The summed E-state index contributed by atoms with van der Waals surface area (Å²) in [6, 6.07) is 15.9. The maximum atomic E-state index is 10.2. The first-order valence-electron chi connectivity index (χ1n) is 8.94. The van der Waals surface area contributed by atoms with Crippen LogP contribution in [0, 0.1) is 0 Å². The third kappa shape index (κ3) is 5.97. The number of benzene rings is 2. The molecular formula is C21H29NO. The number of nitrogens with one attached hydrogen (secondary N) is 1. The summed E-state index contributed by atoms with van der Waals surface area (Å²) in [5.74, 6) is 0.400. The highest BCUT2D eigenvalue weighted by Crippen LogP contribution is 2.29. The minimum Gasteiger partial charge on any atom is -0.508 e. The predicted molar refractivity (Wildman–Crippen MR) is 99.5 cm³/mol. The molecule has 2 rings (SSSR count). The van der Waals surface area contributed by atoms with E-state index in [4.69, 9.17) is 0 Å². The highest BCUT2D eigenvalue weighted by atomic mass is 16.3. The van der Waals surface area contributed by atoms with Crippen molar-refractivity contribution in [3.05, 3.63) is 54.1 Å². The summed E-state index contributed by atoms with van der Waals surface area (Å²) in [7, 11) is 0. The molecule has 0 spiro atoms. The maximum Gasteiger partial charge on any atom is 0.120 e. The molecule has 0 heterocycles. The van der Waals surface area contributed by atoms with E-state index in [2.05, 4.69) is 12.2 Å². The van der Waals surface area contributed by atoms with E-state index in [9.17, 15) is 5.11 Å². The molecule has 0 bridgehead atoms. The van der Waals surface area contributed by atoms with Crippen LogP contribution in [0.5, 0.6) is 5.75 Å². The SMILES string of the molecule is CCCCCCCCCc1c(O)cccc1Nc1ccccc1. The highest BCUT2D eigenvalue weighted by Gasteiger charge is 2.07. The average molecular weight is 311 g/mol. The second kappa shape index (κ2) is 9.94. The van der Waals surface area contributed by atoms with Crippen LogP contribution in [-0.4, -0.2) is 5.11 Å². The molecule has 0 aromatic heterocycles. The first-order chi connectivity index (χ1) is 11.3. The summed E-state index contributed by atoms with van der Waals surface area (Å²) in [5, 5.41) is 13.6. The Morgan fingerprint density at radius 3 is 2.22 bits per heavy atom. The molecule has 0 saturated carbocycles. The second-order valence-corrected chi connectivity index (χ2v) is 6.17. The third-order valence-corrected chi connectivity index (χ3v) is 4.23. The molecular weight excluding hydrogens is 282 g/mol. The molecule has 0 radical (unpaired) electrons. The average Bonchev–Trinajstić information content (AvgIpc) is 2.57. The van der Waals surface area contributed by atoms with Gasteiger partial charge in [0.05, 0.1) is 0 Å². The van der Waals surface area contributed by atoms with Gasteiger partial charge in [-0.25, -0.2) is 0 Å². The lowest BCUT2D eigenvalue weighted by molar-refractivity contribution is 0.466. The summed E-state index contributed by atoms with van der Waals surface area (Å²) >= 11 is 0. The van der Waals surface area contributed by atoms with Crippen LogP contribution >= 0.6 is 0 Å². The van der Waals surface area contributed by atoms with Crippen LogP contribution in [0.15, 0.2) is 48.5 Å². The van der Waals surface area contributed by atoms with E-state index in [-0.39, 0.29) is 0 Å². The molecule has 0 aliphatic rings. The van der Waals surface area contributed by atoms with Gasteiger partial charge in [0.1, 0.15) is 5.75 Å². The standard InChI is InChI=1S/C21H29NO/c1-2-3-4-5-6-7-11-15-19-20(16-12-17-21(19)23)22-18-13-9-8-10-14-18/h8-10,12-14,16-17,22-23H,2-7,11,15H2,1H3. The quantitative estimate of drug-likeness (QED) is 0.495. The van der Waals surface area contributed by atoms with Crippen LogP contribution in [0.3, 0.4) is 0 Å². The molecule has 0 amide bonds. The van der Waals surface area contributed by atoms with Gasteiger partial charge < -0.3 is 10.4 Å². The van der Waals surface area contributed by atoms with Crippen molar-refractivity contribution in [2.45, 2.75) is 58.3 Å². The van der Waals surface area contributed by atoms with Gasteiger partial charge in [0.15, 0.2) is 0 Å². The molecule has 0 unspecified atom stereocenters. The van der Waals surface area contributed by atoms with Crippen molar-refractivity contribution in [2.24, 2.45) is 0 Å². The molecule has 2 aromatic carbocycles. The highest BCUT2D eigenvalue weighted by molar-refractivity contribution is 5.65. The Hall–Kier alpha value is -1.96. The normalized spacial score (nSPS) is 10.7. The van der Waals surface area contributed by atoms with Crippen LogP contribution in [0.4, 0.5) is 11.4 Å². The van der Waals surface area contributed by atoms with Gasteiger partial charge in [-0.3, -0.25) is 0 Å². The first kappa shape index (κ1) is 17.4. The number of unbranched alkanes of at least 4 members (excludes halogenated alkanes) is 6. The monoisotopic (exact) mass is 311 g/mol. The number of para-hydroxylation sites is 1. The Balaban J connectivity index is 1.88. The zero-order valence-electron chi connectivity index (χ0n) is 14.2. The van der Waals surface area contributed by atoms with Crippen molar-refractivity contribution in [3.63, 3.8) is 0 Å². The zero-order chi connectivity index (χ0) is 16.3. The number of hydrogen-bond donors (Lipinski definition) is 2. The molecule has 2 heteroatoms. The molecule has 23 heavy (non-hydrogen) atoms. The Morgan fingerprint density at radius 1 is 0.783 bits per heavy atom. The van der Waals surface area contributed by atoms with Gasteiger partial charge in [0.25, 0.3) is 0 Å². The van der Waals surface area contributed by atoms with Crippen LogP contribution in [0.1, 0.15) is 57.4 Å². The molecule has 0 aliphatic carbocycles. The topological polar surface area (TPSA) is 32.3 Å². The van der Waals surface area contributed by atoms with E-state index < -0.39 is 0 Å². The van der Waals surface area contributed by atoms with Crippen molar-refractivity contribution >= 4 is 11.4 Å². The van der Waals surface area contributed by atoms with Gasteiger partial charge in [-0.2, -0.15) is 0 Å². The first-order valence-corrected chi connectivity index (χ1v) is 8.94. The van der Waals surface area contributed by atoms with Gasteiger partial charge in [0, 0.05) is 16.9 Å². The largest absolute Gasteiger partial charge is 0.508 e. The Kier molecular flexibility index (Phi) is 7.51. The number of rotatable bonds is 10. The summed E-state index contributed by atoms with van der Waals surface area (Å²) in [6.45, 7) is 2.25. The summed E-state index contributed by atoms with van der Waals surface area (Å²) in [6.07, 6.45) is 9.94. The van der Waals surface area contributed by atoms with E-state index in [0.29, 0.717) is 5.75 Å². The number of phenolic OH excluding ortho intramolecular Hbond substituents is 1. The minimum atomic E-state index is 0.400. The summed E-state index contributed by atoms with van der Waals surface area (Å²) in [4.78, 5) is 0. The Labute approximate surface area is 140 Å². The van der Waals surface area contributed by atoms with Gasteiger partial charge in [0.2, 0.25) is 0 Å². The van der Waals surface area contributed by atoms with Crippen molar-refractivity contribution in [1.29, 1.82) is 0 Å². The van der Waals surface area contributed by atoms with Crippen molar-refractivity contribution in [1.82, 2.24) is 0 Å². The molecule has 2 aromatic rings. The molecule has 0 aliphatic heterocycles. The van der Waals surface area contributed by atoms with E-state index in [1.807, 2.05) is 42.5 Å². The lowest BCUT2D eigenvalue weighted by Gasteiger charge is -2.13. The molecule has 2 N–H and O–H groups in total. The lowest BCUT2D eigenvalue weighted by Crippen LogP contribution is -1.97. The number of aromatic hydroxyl groups is 1. The fraction of sp³-hybridized carbons (Fsp3) is 0.429. The zero-order valence-corrected chi connectivity index (χ0v) is 14.2. The van der Waals surface area contributed by atoms with Crippen molar-refractivity contribution in [2.75, 3.05) is 5.32 Å². The van der Waals surface area contributed by atoms with Gasteiger partial charge in [-0.05, 0) is 37.1 Å². The van der Waals surface area contributed by atoms with Crippen LogP contribution in [0.2, 0.25) is 0 Å². The van der Waals surface area contributed by atoms with E-state index in [1.165, 1.54) is 38.5 Å². The van der Waals surface area contributed by atoms with Gasteiger partial charge in [-0.15, -0.1) is 0 Å². The van der Waals surface area contributed by atoms with Gasteiger partial charge in [-0.1, -0.05) is 69.7 Å². The van der Waals surface area contributed by atoms with E-state index >= 15 is 0 Å². The maximum absolute atomic E-state index is 10.2. The summed E-state index contributed by atoms with van der Waals surface area (Å²) in [5.41, 5.74) is 3.10. The number of phenols is 1. The smallest absolute Gasteiger partial charge is 0.120 e. The van der Waals surface area contributed by atoms with Crippen molar-refractivity contribution in [3.8, 4) is 5.75 Å². The minimum absolute atomic E-state index is 0.400. The van der Waals surface area contributed by atoms with Crippen LogP contribution < -0.4 is 5.32 Å². The molecule has 124 valence electrons. The van der Waals surface area contributed by atoms with Crippen molar-refractivity contribution < 1.29 is 5.11 Å². The molecule has 0 atom stereocenters. The fourth-order valence-electron chi connectivity index (χ4n) is 2.89. The Bertz CT molecular complexity index is 565. The van der Waals surface area contributed by atoms with Crippen LogP contribution in [0.25, 0.3) is 0 Å². The van der Waals surface area contributed by atoms with E-state index in [1.54, 1.807) is 6.07 Å². The molecule has 0 saturated heterocycles. The van der Waals surface area contributed by atoms with E-state index in [0.717, 1.165) is 29.8 Å². The number of anilines is 2. The summed E-state index contributed by atoms with van der Waals surface area (Å²) < 4.78 is 0. The lowest BCUT2D eigenvalue weighted by atomic mass is 10.0. The van der Waals surface area contributed by atoms with Gasteiger partial charge >= 0.3 is 0 Å². The third-order valence-electron chi connectivity index (χ3n) is 4.23. The molecule has 2 nitrogen and oxygen atoms in total. The predicted octanol–water partition coefficient (Wildman–Crippen LogP) is 6.43. The molecule has 0 fully saturated rings.